The van der Waals surface area contributed by atoms with Gasteiger partial charge in [0.15, 0.2) is 0 Å². The first-order valence-corrected chi connectivity index (χ1v) is 10.3. The Labute approximate surface area is 176 Å². The monoisotopic (exact) mass is 420 g/mol. The largest absolute Gasteiger partial charge is 0.480 e. The van der Waals surface area contributed by atoms with E-state index in [1.54, 1.807) is 24.3 Å². The number of nitrogens with two attached hydrogens (primary N) is 1. The van der Waals surface area contributed by atoms with E-state index in [4.69, 9.17) is 5.73 Å². The number of aliphatic hydroxyl groups excluding tert-OH is 1. The number of rotatable bonds is 10. The highest BCUT2D eigenvalue weighted by Crippen LogP contribution is 2.19. The highest BCUT2D eigenvalue weighted by Gasteiger charge is 2.36. The molecule has 1 aromatic carbocycles. The van der Waals surface area contributed by atoms with Crippen LogP contribution in [0.4, 0.5) is 4.79 Å². The average molecular weight is 421 g/mol. The van der Waals surface area contributed by atoms with Gasteiger partial charge >= 0.3 is 12.0 Å². The number of aliphatic hydroxyl groups is 1. The van der Waals surface area contributed by atoms with Crippen molar-refractivity contribution >= 4 is 17.9 Å². The molecule has 166 valence electrons. The van der Waals surface area contributed by atoms with Gasteiger partial charge in [-0.1, -0.05) is 24.6 Å². The van der Waals surface area contributed by atoms with Gasteiger partial charge in [0.1, 0.15) is 6.04 Å². The Morgan fingerprint density at radius 3 is 2.60 bits per heavy atom. The maximum atomic E-state index is 12.7. The summed E-state index contributed by atoms with van der Waals surface area (Å²) in [6.45, 7) is 0.865. The van der Waals surface area contributed by atoms with Crippen LogP contribution in [-0.4, -0.2) is 82.8 Å². The Balaban J connectivity index is 2.01. The number of likely N-dealkylation sites (N-methyl/N-ethyl adjacent to an activating group) is 1. The lowest BCUT2D eigenvalue weighted by atomic mass is 10.0. The molecule has 1 aliphatic rings. The van der Waals surface area contributed by atoms with Crippen LogP contribution in [0.5, 0.6) is 0 Å². The first-order valence-electron chi connectivity index (χ1n) is 10.3. The minimum atomic E-state index is -1.02. The quantitative estimate of drug-likeness (QED) is 0.415. The molecule has 5 N–H and O–H groups in total. The number of amides is 3. The van der Waals surface area contributed by atoms with Crippen LogP contribution in [-0.2, 0) is 4.79 Å². The zero-order valence-electron chi connectivity index (χ0n) is 17.4. The van der Waals surface area contributed by atoms with Crippen molar-refractivity contribution in [1.82, 2.24) is 15.1 Å². The van der Waals surface area contributed by atoms with E-state index in [-0.39, 0.29) is 12.5 Å². The Hall–Kier alpha value is -2.65. The van der Waals surface area contributed by atoms with Gasteiger partial charge in [0, 0.05) is 19.2 Å². The van der Waals surface area contributed by atoms with Crippen molar-refractivity contribution in [3.63, 3.8) is 0 Å². The second-order valence-corrected chi connectivity index (χ2v) is 7.65. The normalized spacial score (nSPS) is 18.0. The van der Waals surface area contributed by atoms with Crippen LogP contribution < -0.4 is 11.1 Å². The molecule has 0 aromatic heterocycles. The standard InChI is InChI=1S/C21H32N4O5/c1-24(21(30)25-13-7-11-17(25)20(28)29)14-18(26)16(10-5-6-12-22)23-19(27)15-8-3-2-4-9-15/h2-4,8-9,16-18,26H,5-7,10-14,22H2,1H3,(H,23,27)(H,28,29)/t16?,17-,18?/m0/s1. The molecule has 1 aromatic rings. The van der Waals surface area contributed by atoms with Gasteiger partial charge in [0.25, 0.3) is 5.91 Å². The third kappa shape index (κ3) is 6.43. The molecule has 9 nitrogen and oxygen atoms in total. The zero-order chi connectivity index (χ0) is 22.1. The first kappa shape index (κ1) is 23.6. The van der Waals surface area contributed by atoms with E-state index in [9.17, 15) is 24.6 Å². The number of benzene rings is 1. The van der Waals surface area contributed by atoms with Crippen LogP contribution in [0.15, 0.2) is 30.3 Å². The number of carbonyl (C=O) groups excluding carboxylic acids is 2. The predicted molar refractivity (Wildman–Crippen MR) is 112 cm³/mol. The van der Waals surface area contributed by atoms with Crippen molar-refractivity contribution in [2.75, 3.05) is 26.7 Å². The SMILES string of the molecule is CN(CC(O)C(CCCCN)NC(=O)c1ccccc1)C(=O)N1CCC[C@H]1C(=O)O. The van der Waals surface area contributed by atoms with E-state index in [0.717, 1.165) is 12.8 Å². The lowest BCUT2D eigenvalue weighted by Gasteiger charge is -2.31. The van der Waals surface area contributed by atoms with Crippen molar-refractivity contribution in [3.8, 4) is 0 Å². The van der Waals surface area contributed by atoms with Crippen LogP contribution in [0.2, 0.25) is 0 Å². The molecule has 2 rings (SSSR count). The number of aliphatic carboxylic acids is 1. The molecule has 1 saturated heterocycles. The summed E-state index contributed by atoms with van der Waals surface area (Å²) < 4.78 is 0. The number of nitrogens with one attached hydrogen (secondary N) is 1. The second kappa shape index (κ2) is 11.5. The van der Waals surface area contributed by atoms with Gasteiger partial charge in [-0.25, -0.2) is 9.59 Å². The molecule has 30 heavy (non-hydrogen) atoms. The van der Waals surface area contributed by atoms with Gasteiger partial charge in [0.2, 0.25) is 0 Å². The fourth-order valence-electron chi connectivity index (χ4n) is 3.67. The van der Waals surface area contributed by atoms with E-state index in [0.29, 0.717) is 37.9 Å². The molecule has 0 radical (unpaired) electrons. The van der Waals surface area contributed by atoms with E-state index in [1.807, 2.05) is 6.07 Å². The maximum Gasteiger partial charge on any atom is 0.326 e. The molecule has 2 unspecified atom stereocenters. The van der Waals surface area contributed by atoms with E-state index in [2.05, 4.69) is 5.32 Å². The summed E-state index contributed by atoms with van der Waals surface area (Å²) in [6, 6.07) is 6.87. The van der Waals surface area contributed by atoms with Crippen LogP contribution in [0.1, 0.15) is 42.5 Å². The fraction of sp³-hybridized carbons (Fsp3) is 0.571. The van der Waals surface area contributed by atoms with E-state index >= 15 is 0 Å². The molecular formula is C21H32N4O5. The number of hydrogen-bond acceptors (Lipinski definition) is 5. The number of nitrogens with zero attached hydrogens (tertiary/aromatic N) is 2. The van der Waals surface area contributed by atoms with Crippen LogP contribution in [0.3, 0.4) is 0 Å². The van der Waals surface area contributed by atoms with Gasteiger partial charge < -0.3 is 31.1 Å². The van der Waals surface area contributed by atoms with Gasteiger partial charge in [0.05, 0.1) is 18.7 Å². The Bertz CT molecular complexity index is 715. The Kier molecular flexibility index (Phi) is 9.07. The average Bonchev–Trinajstić information content (AvgIpc) is 3.23. The maximum absolute atomic E-state index is 12.7. The third-order valence-corrected chi connectivity index (χ3v) is 5.36. The summed E-state index contributed by atoms with van der Waals surface area (Å²) in [5, 5.41) is 22.9. The number of carboxylic acid groups (broad SMARTS) is 1. The van der Waals surface area contributed by atoms with Gasteiger partial charge in [-0.2, -0.15) is 0 Å². The van der Waals surface area contributed by atoms with Gasteiger partial charge in [-0.15, -0.1) is 0 Å². The summed E-state index contributed by atoms with van der Waals surface area (Å²) in [7, 11) is 1.53. The summed E-state index contributed by atoms with van der Waals surface area (Å²) in [6.07, 6.45) is 2.04. The smallest absolute Gasteiger partial charge is 0.326 e. The van der Waals surface area contributed by atoms with Crippen LogP contribution in [0.25, 0.3) is 0 Å². The summed E-state index contributed by atoms with van der Waals surface area (Å²) >= 11 is 0. The first-order chi connectivity index (χ1) is 14.3. The van der Waals surface area contributed by atoms with Gasteiger partial charge in [-0.05, 0) is 44.4 Å². The molecule has 9 heteroatoms. The Morgan fingerprint density at radius 2 is 1.97 bits per heavy atom. The zero-order valence-corrected chi connectivity index (χ0v) is 17.4. The number of hydrogen-bond donors (Lipinski definition) is 4. The lowest BCUT2D eigenvalue weighted by Crippen LogP contribution is -2.52. The number of urea groups is 1. The fourth-order valence-corrected chi connectivity index (χ4v) is 3.67. The second-order valence-electron chi connectivity index (χ2n) is 7.65. The molecule has 0 saturated carbocycles. The van der Waals surface area contributed by atoms with Gasteiger partial charge in [-0.3, -0.25) is 4.79 Å². The van der Waals surface area contributed by atoms with Crippen molar-refractivity contribution < 1.29 is 24.6 Å². The van der Waals surface area contributed by atoms with Crippen LogP contribution >= 0.6 is 0 Å². The van der Waals surface area contributed by atoms with Crippen LogP contribution in [0, 0.1) is 0 Å². The highest BCUT2D eigenvalue weighted by molar-refractivity contribution is 5.94. The molecular weight excluding hydrogens is 388 g/mol. The minimum absolute atomic E-state index is 0.0238. The summed E-state index contributed by atoms with van der Waals surface area (Å²) in [5.74, 6) is -1.32. The molecule has 3 atom stereocenters. The number of likely N-dealkylation sites (tertiary alicyclic amines) is 1. The van der Waals surface area contributed by atoms with Crippen molar-refractivity contribution in [3.05, 3.63) is 35.9 Å². The van der Waals surface area contributed by atoms with E-state index < -0.39 is 30.2 Å². The molecule has 0 bridgehead atoms. The van der Waals surface area contributed by atoms with Crippen molar-refractivity contribution in [2.24, 2.45) is 5.73 Å². The minimum Gasteiger partial charge on any atom is -0.480 e. The van der Waals surface area contributed by atoms with Crippen molar-refractivity contribution in [1.29, 1.82) is 0 Å². The number of carboxylic acids is 1. The number of carbonyl (C=O) groups is 3. The lowest BCUT2D eigenvalue weighted by molar-refractivity contribution is -0.141. The highest BCUT2D eigenvalue weighted by atomic mass is 16.4. The molecule has 0 aliphatic carbocycles. The molecule has 1 heterocycles. The molecule has 1 aliphatic heterocycles. The Morgan fingerprint density at radius 1 is 1.27 bits per heavy atom. The summed E-state index contributed by atoms with van der Waals surface area (Å²) in [5.41, 5.74) is 6.04. The van der Waals surface area contributed by atoms with E-state index in [1.165, 1.54) is 16.8 Å². The molecule has 0 spiro atoms. The topological polar surface area (TPSA) is 136 Å². The molecule has 3 amide bonds. The molecule has 1 fully saturated rings. The summed E-state index contributed by atoms with van der Waals surface area (Å²) in [4.78, 5) is 39.2. The predicted octanol–water partition coefficient (Wildman–Crippen LogP) is 0.876. The number of unbranched alkanes of at least 4 members (excludes halogenated alkanes) is 1. The third-order valence-electron chi connectivity index (χ3n) is 5.36. The van der Waals surface area contributed by atoms with Crippen molar-refractivity contribution in [2.45, 2.75) is 50.3 Å².